The molecule has 0 spiro atoms. The second kappa shape index (κ2) is 3.51. The fourth-order valence-electron chi connectivity index (χ4n) is 2.50. The Morgan fingerprint density at radius 2 is 2.21 bits per heavy atom. The third kappa shape index (κ3) is 1.42. The number of nitrogens with one attached hydrogen (secondary N) is 2. The number of fused-ring (bicyclic) bond motifs is 1. The Labute approximate surface area is 84.1 Å². The fraction of sp³-hybridized carbons (Fsp3) is 0.900. The largest absolute Gasteiger partial charge is 0.474 e. The normalized spacial score (nSPS) is 41.7. The van der Waals surface area contributed by atoms with Gasteiger partial charge in [-0.3, -0.25) is 0 Å². The van der Waals surface area contributed by atoms with Crippen LogP contribution in [0.3, 0.4) is 0 Å². The Morgan fingerprint density at radius 3 is 3.00 bits per heavy atom. The first kappa shape index (κ1) is 8.68. The van der Waals surface area contributed by atoms with Crippen LogP contribution in [-0.2, 0) is 4.74 Å². The number of hydrogen-bond acceptors (Lipinski definition) is 4. The van der Waals surface area contributed by atoms with Gasteiger partial charge in [-0.15, -0.1) is 0 Å². The summed E-state index contributed by atoms with van der Waals surface area (Å²) < 4.78 is 5.87. The molecule has 14 heavy (non-hydrogen) atoms. The molecule has 3 atom stereocenters. The molecule has 0 radical (unpaired) electrons. The molecule has 2 fully saturated rings. The van der Waals surface area contributed by atoms with Crippen LogP contribution in [0.25, 0.3) is 0 Å². The van der Waals surface area contributed by atoms with Crippen molar-refractivity contribution in [1.29, 1.82) is 0 Å². The predicted octanol–water partition coefficient (Wildman–Crippen LogP) is -0.245. The van der Waals surface area contributed by atoms with Crippen molar-refractivity contribution in [3.8, 4) is 0 Å². The maximum Gasteiger partial charge on any atom is 0.188 e. The van der Waals surface area contributed by atoms with E-state index >= 15 is 0 Å². The van der Waals surface area contributed by atoms with Crippen LogP contribution in [0.5, 0.6) is 0 Å². The summed E-state index contributed by atoms with van der Waals surface area (Å²) in [5.41, 5.74) is 0. The topological polar surface area (TPSA) is 45.7 Å². The van der Waals surface area contributed by atoms with E-state index in [4.69, 9.17) is 4.74 Å². The monoisotopic (exact) mass is 195 g/mol. The molecular weight excluding hydrogens is 178 g/mol. The maximum absolute atomic E-state index is 5.87. The second-order valence-electron chi connectivity index (χ2n) is 4.39. The molecule has 0 aromatic rings. The highest BCUT2D eigenvalue weighted by Crippen LogP contribution is 2.23. The lowest BCUT2D eigenvalue weighted by atomic mass is 10.00. The number of aliphatic imine (C=N–C) groups is 1. The van der Waals surface area contributed by atoms with E-state index in [-0.39, 0.29) is 0 Å². The molecule has 3 aliphatic rings. The van der Waals surface area contributed by atoms with E-state index in [1.165, 1.54) is 12.8 Å². The SMILES string of the molecule is C1CNCC(C2=NC3CNCC3O2)C1. The average Bonchev–Trinajstić information content (AvgIpc) is 2.78. The van der Waals surface area contributed by atoms with Crippen molar-refractivity contribution in [3.05, 3.63) is 0 Å². The molecule has 2 N–H and O–H groups in total. The molecule has 4 nitrogen and oxygen atoms in total. The minimum Gasteiger partial charge on any atom is -0.474 e. The van der Waals surface area contributed by atoms with Crippen molar-refractivity contribution in [2.45, 2.75) is 25.0 Å². The van der Waals surface area contributed by atoms with Gasteiger partial charge in [0.25, 0.3) is 0 Å². The molecule has 0 amide bonds. The van der Waals surface area contributed by atoms with Gasteiger partial charge in [-0.1, -0.05) is 0 Å². The zero-order chi connectivity index (χ0) is 9.38. The number of nitrogens with zero attached hydrogens (tertiary/aromatic N) is 1. The zero-order valence-corrected chi connectivity index (χ0v) is 8.33. The molecule has 3 aliphatic heterocycles. The van der Waals surface area contributed by atoms with Gasteiger partial charge in [0, 0.05) is 25.6 Å². The molecule has 0 bridgehead atoms. The summed E-state index contributed by atoms with van der Waals surface area (Å²) in [5.74, 6) is 1.56. The summed E-state index contributed by atoms with van der Waals surface area (Å²) in [6, 6.07) is 0.395. The quantitative estimate of drug-likeness (QED) is 0.607. The summed E-state index contributed by atoms with van der Waals surface area (Å²) in [4.78, 5) is 4.67. The lowest BCUT2D eigenvalue weighted by Crippen LogP contribution is -2.35. The minimum atomic E-state index is 0.326. The van der Waals surface area contributed by atoms with Crippen LogP contribution in [0.1, 0.15) is 12.8 Å². The minimum absolute atomic E-state index is 0.326. The average molecular weight is 195 g/mol. The zero-order valence-electron chi connectivity index (χ0n) is 8.33. The van der Waals surface area contributed by atoms with Crippen LogP contribution in [0.2, 0.25) is 0 Å². The van der Waals surface area contributed by atoms with E-state index in [0.717, 1.165) is 32.1 Å². The highest BCUT2D eigenvalue weighted by molar-refractivity contribution is 5.81. The van der Waals surface area contributed by atoms with Gasteiger partial charge in [-0.25, -0.2) is 4.99 Å². The van der Waals surface area contributed by atoms with E-state index in [2.05, 4.69) is 15.6 Å². The van der Waals surface area contributed by atoms with Crippen molar-refractivity contribution in [2.75, 3.05) is 26.2 Å². The highest BCUT2D eigenvalue weighted by atomic mass is 16.5. The van der Waals surface area contributed by atoms with E-state index in [1.807, 2.05) is 0 Å². The van der Waals surface area contributed by atoms with E-state index in [9.17, 15) is 0 Å². The van der Waals surface area contributed by atoms with Crippen molar-refractivity contribution >= 4 is 5.90 Å². The maximum atomic E-state index is 5.87. The summed E-state index contributed by atoms with van der Waals surface area (Å²) in [7, 11) is 0. The van der Waals surface area contributed by atoms with E-state index in [0.29, 0.717) is 18.1 Å². The van der Waals surface area contributed by atoms with Crippen LogP contribution >= 0.6 is 0 Å². The lowest BCUT2D eigenvalue weighted by Gasteiger charge is -2.22. The Kier molecular flexibility index (Phi) is 2.18. The molecular formula is C10H17N3O. The first-order valence-electron chi connectivity index (χ1n) is 5.59. The summed E-state index contributed by atoms with van der Waals surface area (Å²) in [5, 5.41) is 6.70. The Balaban J connectivity index is 1.67. The van der Waals surface area contributed by atoms with Gasteiger partial charge in [0.2, 0.25) is 0 Å². The molecule has 0 aliphatic carbocycles. The molecule has 2 saturated heterocycles. The smallest absolute Gasteiger partial charge is 0.188 e. The number of piperidine rings is 1. The molecule has 4 heteroatoms. The van der Waals surface area contributed by atoms with Crippen LogP contribution in [-0.4, -0.2) is 44.2 Å². The second-order valence-corrected chi connectivity index (χ2v) is 4.39. The number of ether oxygens (including phenoxy) is 1. The third-order valence-corrected chi connectivity index (χ3v) is 3.34. The number of hydrogen-bond donors (Lipinski definition) is 2. The van der Waals surface area contributed by atoms with Gasteiger partial charge in [0.05, 0.1) is 0 Å². The van der Waals surface area contributed by atoms with Gasteiger partial charge in [0.1, 0.15) is 12.1 Å². The van der Waals surface area contributed by atoms with Crippen molar-refractivity contribution in [3.63, 3.8) is 0 Å². The molecule has 0 saturated carbocycles. The molecule has 3 unspecified atom stereocenters. The molecule has 0 aromatic heterocycles. The molecule has 0 aromatic carbocycles. The Bertz CT molecular complexity index is 248. The first-order valence-corrected chi connectivity index (χ1v) is 5.59. The van der Waals surface area contributed by atoms with Crippen LogP contribution in [0, 0.1) is 5.92 Å². The first-order chi connectivity index (χ1) is 6.93. The van der Waals surface area contributed by atoms with Crippen molar-refractivity contribution < 1.29 is 4.74 Å². The van der Waals surface area contributed by atoms with Crippen molar-refractivity contribution in [2.24, 2.45) is 10.9 Å². The summed E-state index contributed by atoms with van der Waals surface area (Å²) in [6.45, 7) is 4.16. The van der Waals surface area contributed by atoms with Crippen LogP contribution < -0.4 is 10.6 Å². The van der Waals surface area contributed by atoms with Gasteiger partial charge in [0.15, 0.2) is 5.90 Å². The Hall–Kier alpha value is -0.610. The molecule has 78 valence electrons. The summed E-state index contributed by atoms with van der Waals surface area (Å²) in [6.07, 6.45) is 2.81. The number of rotatable bonds is 1. The van der Waals surface area contributed by atoms with Crippen molar-refractivity contribution in [1.82, 2.24) is 10.6 Å². The van der Waals surface area contributed by atoms with Crippen LogP contribution in [0.15, 0.2) is 4.99 Å². The van der Waals surface area contributed by atoms with Crippen LogP contribution in [0.4, 0.5) is 0 Å². The lowest BCUT2D eigenvalue weighted by molar-refractivity contribution is 0.205. The molecule has 3 heterocycles. The van der Waals surface area contributed by atoms with E-state index < -0.39 is 0 Å². The van der Waals surface area contributed by atoms with Gasteiger partial charge < -0.3 is 15.4 Å². The Morgan fingerprint density at radius 1 is 1.21 bits per heavy atom. The summed E-state index contributed by atoms with van der Waals surface area (Å²) >= 11 is 0. The highest BCUT2D eigenvalue weighted by Gasteiger charge is 2.37. The third-order valence-electron chi connectivity index (χ3n) is 3.34. The fourth-order valence-corrected chi connectivity index (χ4v) is 2.50. The standard InChI is InChI=1S/C10H17N3O/c1-2-7(4-11-3-1)10-13-8-5-12-6-9(8)14-10/h7-9,11-12H,1-6H2. The predicted molar refractivity (Wildman–Crippen MR) is 54.6 cm³/mol. The van der Waals surface area contributed by atoms with Gasteiger partial charge in [-0.05, 0) is 19.4 Å². The van der Waals surface area contributed by atoms with Gasteiger partial charge >= 0.3 is 0 Å². The van der Waals surface area contributed by atoms with E-state index in [1.54, 1.807) is 0 Å². The van der Waals surface area contributed by atoms with Gasteiger partial charge in [-0.2, -0.15) is 0 Å². The molecule has 3 rings (SSSR count).